The molecule has 0 bridgehead atoms. The van der Waals surface area contributed by atoms with Gasteiger partial charge in [-0.05, 0) is 44.3 Å². The normalized spacial score (nSPS) is 17.4. The summed E-state index contributed by atoms with van der Waals surface area (Å²) < 4.78 is 7.18. The van der Waals surface area contributed by atoms with Gasteiger partial charge in [-0.2, -0.15) is 4.52 Å². The lowest BCUT2D eigenvalue weighted by Gasteiger charge is -2.14. The Hall–Kier alpha value is -3.19. The molecule has 0 radical (unpaired) electrons. The fourth-order valence-electron chi connectivity index (χ4n) is 3.77. The van der Waals surface area contributed by atoms with Gasteiger partial charge >= 0.3 is 0 Å². The number of nitrogens with one attached hydrogen (secondary N) is 1. The monoisotopic (exact) mass is 374 g/mol. The van der Waals surface area contributed by atoms with Crippen molar-refractivity contribution in [3.63, 3.8) is 0 Å². The van der Waals surface area contributed by atoms with Crippen molar-refractivity contribution < 1.29 is 4.74 Å². The molecular formula is C21H22N6O. The maximum atomic E-state index is 5.35. The van der Waals surface area contributed by atoms with Crippen molar-refractivity contribution >= 4 is 22.5 Å². The van der Waals surface area contributed by atoms with Crippen LogP contribution >= 0.6 is 0 Å². The van der Waals surface area contributed by atoms with Gasteiger partial charge in [0.25, 0.3) is 0 Å². The largest absolute Gasteiger partial charge is 0.497 e. The molecule has 7 nitrogen and oxygen atoms in total. The number of fused-ring (bicyclic) bond motifs is 3. The molecular weight excluding hydrogens is 352 g/mol. The van der Waals surface area contributed by atoms with E-state index >= 15 is 0 Å². The highest BCUT2D eigenvalue weighted by Crippen LogP contribution is 2.26. The molecule has 2 aromatic carbocycles. The van der Waals surface area contributed by atoms with E-state index in [4.69, 9.17) is 19.8 Å². The van der Waals surface area contributed by atoms with Gasteiger partial charge in [0.05, 0.1) is 12.6 Å². The van der Waals surface area contributed by atoms with Crippen LogP contribution in [0.3, 0.4) is 0 Å². The Kier molecular flexibility index (Phi) is 4.09. The molecule has 1 fully saturated rings. The number of nitrogens with zero attached hydrogens (tertiary/aromatic N) is 5. The summed E-state index contributed by atoms with van der Waals surface area (Å²) in [4.78, 5) is 12.0. The summed E-state index contributed by atoms with van der Waals surface area (Å²) in [5.74, 6) is 2.17. The Morgan fingerprint density at radius 3 is 2.82 bits per heavy atom. The number of aromatic nitrogens is 4. The summed E-state index contributed by atoms with van der Waals surface area (Å²) in [7, 11) is 3.80. The summed E-state index contributed by atoms with van der Waals surface area (Å²) in [5, 5.41) is 9.34. The molecule has 0 aliphatic carbocycles. The number of rotatable bonds is 4. The minimum absolute atomic E-state index is 0.353. The summed E-state index contributed by atoms with van der Waals surface area (Å²) >= 11 is 0. The number of anilines is 1. The zero-order chi connectivity index (χ0) is 19.1. The van der Waals surface area contributed by atoms with Crippen LogP contribution in [0.5, 0.6) is 5.75 Å². The smallest absolute Gasteiger partial charge is 0.226 e. The van der Waals surface area contributed by atoms with E-state index in [0.717, 1.165) is 53.3 Å². The molecule has 5 rings (SSSR count). The molecule has 0 spiro atoms. The number of likely N-dealkylation sites (N-methyl/N-ethyl adjacent to an activating group) is 1. The predicted octanol–water partition coefficient (Wildman–Crippen LogP) is 3.07. The van der Waals surface area contributed by atoms with E-state index in [-0.39, 0.29) is 0 Å². The average Bonchev–Trinajstić information content (AvgIpc) is 3.35. The van der Waals surface area contributed by atoms with Crippen molar-refractivity contribution in [3.8, 4) is 17.1 Å². The first kappa shape index (κ1) is 16.9. The molecule has 1 atom stereocenters. The van der Waals surface area contributed by atoms with E-state index in [0.29, 0.717) is 11.9 Å². The third-order valence-electron chi connectivity index (χ3n) is 5.23. The Bertz CT molecular complexity index is 1150. The zero-order valence-corrected chi connectivity index (χ0v) is 16.0. The number of hydrogen-bond donors (Lipinski definition) is 1. The van der Waals surface area contributed by atoms with E-state index in [2.05, 4.69) is 17.3 Å². The Balaban J connectivity index is 1.66. The van der Waals surface area contributed by atoms with Crippen LogP contribution in [0.25, 0.3) is 27.9 Å². The van der Waals surface area contributed by atoms with Gasteiger partial charge in [-0.1, -0.05) is 24.3 Å². The van der Waals surface area contributed by atoms with Crippen LogP contribution < -0.4 is 10.1 Å². The second kappa shape index (κ2) is 6.76. The van der Waals surface area contributed by atoms with Crippen LogP contribution in [0, 0.1) is 0 Å². The molecule has 7 heteroatoms. The topological polar surface area (TPSA) is 67.6 Å². The quantitative estimate of drug-likeness (QED) is 0.592. The van der Waals surface area contributed by atoms with Gasteiger partial charge in [-0.15, -0.1) is 5.10 Å². The van der Waals surface area contributed by atoms with Crippen LogP contribution in [0.2, 0.25) is 0 Å². The fourth-order valence-corrected chi connectivity index (χ4v) is 3.77. The lowest BCUT2D eigenvalue weighted by atomic mass is 10.2. The van der Waals surface area contributed by atoms with Crippen molar-refractivity contribution in [1.29, 1.82) is 0 Å². The number of methoxy groups -OCH3 is 1. The fraction of sp³-hybridized carbons (Fsp3) is 0.286. The molecule has 28 heavy (non-hydrogen) atoms. The van der Waals surface area contributed by atoms with E-state index in [1.54, 1.807) is 7.11 Å². The van der Waals surface area contributed by atoms with E-state index in [1.807, 2.05) is 53.0 Å². The number of benzene rings is 2. The second-order valence-electron chi connectivity index (χ2n) is 7.25. The number of likely N-dealkylation sites (tertiary alicyclic amines) is 1. The van der Waals surface area contributed by atoms with Crippen molar-refractivity contribution in [2.24, 2.45) is 0 Å². The lowest BCUT2D eigenvalue weighted by molar-refractivity contribution is 0.414. The summed E-state index contributed by atoms with van der Waals surface area (Å²) in [5.41, 5.74) is 2.63. The van der Waals surface area contributed by atoms with E-state index in [1.165, 1.54) is 0 Å². The van der Waals surface area contributed by atoms with Gasteiger partial charge in [-0.3, -0.25) is 0 Å². The van der Waals surface area contributed by atoms with Crippen LogP contribution in [0.4, 0.5) is 5.95 Å². The van der Waals surface area contributed by atoms with Gasteiger partial charge in [0.2, 0.25) is 5.95 Å². The Labute approximate surface area is 163 Å². The SMILES string of the molecule is COc1cccc(-c2nc3c4ccccc4nc(N[C@@H]4CCN(C)C4)n3n2)c1. The van der Waals surface area contributed by atoms with Crippen LogP contribution in [0.15, 0.2) is 48.5 Å². The van der Waals surface area contributed by atoms with Crippen molar-refractivity contribution in [3.05, 3.63) is 48.5 Å². The van der Waals surface area contributed by atoms with E-state index in [9.17, 15) is 0 Å². The second-order valence-corrected chi connectivity index (χ2v) is 7.25. The lowest BCUT2D eigenvalue weighted by Crippen LogP contribution is -2.25. The van der Waals surface area contributed by atoms with Crippen molar-refractivity contribution in [2.45, 2.75) is 12.5 Å². The minimum Gasteiger partial charge on any atom is -0.497 e. The van der Waals surface area contributed by atoms with Crippen molar-refractivity contribution in [1.82, 2.24) is 24.5 Å². The molecule has 1 saturated heterocycles. The highest BCUT2D eigenvalue weighted by Gasteiger charge is 2.22. The summed E-state index contributed by atoms with van der Waals surface area (Å²) in [6.45, 7) is 2.08. The highest BCUT2D eigenvalue weighted by molar-refractivity contribution is 5.92. The maximum Gasteiger partial charge on any atom is 0.226 e. The third kappa shape index (κ3) is 2.93. The summed E-state index contributed by atoms with van der Waals surface area (Å²) in [6.07, 6.45) is 1.09. The number of para-hydroxylation sites is 1. The van der Waals surface area contributed by atoms with Crippen LogP contribution in [-0.2, 0) is 0 Å². The molecule has 1 aliphatic heterocycles. The molecule has 4 aromatic rings. The first-order chi connectivity index (χ1) is 13.7. The molecule has 2 aromatic heterocycles. The maximum absolute atomic E-state index is 5.35. The Morgan fingerprint density at radius 1 is 1.11 bits per heavy atom. The average molecular weight is 374 g/mol. The molecule has 0 unspecified atom stereocenters. The molecule has 3 heterocycles. The standard InChI is InChI=1S/C21H22N6O/c1-26-11-10-15(13-26)22-21-23-18-9-4-3-8-17(18)20-24-19(25-27(20)21)14-6-5-7-16(12-14)28-2/h3-9,12,15H,10-11,13H2,1-2H3,(H,22,23)/t15-/m1/s1. The van der Waals surface area contributed by atoms with Gasteiger partial charge in [0.15, 0.2) is 11.5 Å². The zero-order valence-electron chi connectivity index (χ0n) is 16.0. The highest BCUT2D eigenvalue weighted by atomic mass is 16.5. The molecule has 142 valence electrons. The molecule has 1 N–H and O–H groups in total. The van der Waals surface area contributed by atoms with Crippen LogP contribution in [-0.4, -0.2) is 57.8 Å². The number of hydrogen-bond acceptors (Lipinski definition) is 6. The predicted molar refractivity (Wildman–Crippen MR) is 110 cm³/mol. The summed E-state index contributed by atoms with van der Waals surface area (Å²) in [6, 6.07) is 16.2. The third-order valence-corrected chi connectivity index (χ3v) is 5.23. The molecule has 1 aliphatic rings. The molecule has 0 amide bonds. The van der Waals surface area contributed by atoms with Gasteiger partial charge < -0.3 is 15.0 Å². The van der Waals surface area contributed by atoms with E-state index < -0.39 is 0 Å². The van der Waals surface area contributed by atoms with Gasteiger partial charge in [0, 0.05) is 23.5 Å². The minimum atomic E-state index is 0.353. The first-order valence-corrected chi connectivity index (χ1v) is 9.46. The first-order valence-electron chi connectivity index (χ1n) is 9.46. The molecule has 0 saturated carbocycles. The van der Waals surface area contributed by atoms with Gasteiger partial charge in [-0.25, -0.2) is 9.97 Å². The van der Waals surface area contributed by atoms with Crippen LogP contribution in [0.1, 0.15) is 6.42 Å². The Morgan fingerprint density at radius 2 is 2.00 bits per heavy atom. The van der Waals surface area contributed by atoms with Crippen molar-refractivity contribution in [2.75, 3.05) is 32.6 Å². The van der Waals surface area contributed by atoms with Gasteiger partial charge in [0.1, 0.15) is 5.75 Å². The number of ether oxygens (including phenoxy) is 1.